The molecule has 21 heavy (non-hydrogen) atoms. The van der Waals surface area contributed by atoms with E-state index in [-0.39, 0.29) is 6.73 Å². The molecule has 6 heteroatoms. The number of carbonyl (C=O) groups excluding carboxylic acids is 1. The fourth-order valence-electron chi connectivity index (χ4n) is 1.81. The predicted molar refractivity (Wildman–Crippen MR) is 79.3 cm³/mol. The van der Waals surface area contributed by atoms with E-state index >= 15 is 0 Å². The van der Waals surface area contributed by atoms with E-state index in [1.165, 1.54) is 5.56 Å². The fourth-order valence-corrected chi connectivity index (χ4v) is 1.81. The number of rotatable bonds is 6. The summed E-state index contributed by atoms with van der Waals surface area (Å²) in [5, 5.41) is 8.78. The standard InChI is InChI=1S/C15H19N3O3/c1-3-4-12-5-7-13(8-6-12)20-10-16-15(19)17-14-9-11(2)21-18-14/h5-9H,3-4,10H2,1-2H3,(H2,16,17,18,19). The minimum atomic E-state index is -0.397. The molecule has 0 aliphatic carbocycles. The van der Waals surface area contributed by atoms with Crippen LogP contribution in [0.15, 0.2) is 34.9 Å². The molecule has 0 aliphatic heterocycles. The minimum absolute atomic E-state index is 0.0792. The molecule has 0 atom stereocenters. The number of aromatic nitrogens is 1. The Morgan fingerprint density at radius 3 is 2.71 bits per heavy atom. The molecule has 1 aromatic carbocycles. The van der Waals surface area contributed by atoms with E-state index < -0.39 is 6.03 Å². The molecule has 0 saturated carbocycles. The van der Waals surface area contributed by atoms with Crippen molar-refractivity contribution in [3.8, 4) is 5.75 Å². The summed E-state index contributed by atoms with van der Waals surface area (Å²) in [5.74, 6) is 1.72. The number of ether oxygens (including phenoxy) is 1. The predicted octanol–water partition coefficient (Wildman–Crippen LogP) is 3.09. The maximum atomic E-state index is 11.6. The molecule has 0 saturated heterocycles. The highest BCUT2D eigenvalue weighted by Gasteiger charge is 2.05. The first-order valence-corrected chi connectivity index (χ1v) is 6.87. The zero-order chi connectivity index (χ0) is 15.1. The Labute approximate surface area is 123 Å². The van der Waals surface area contributed by atoms with Gasteiger partial charge in [0.2, 0.25) is 0 Å². The highest BCUT2D eigenvalue weighted by molar-refractivity contribution is 5.87. The molecule has 1 aromatic heterocycles. The summed E-state index contributed by atoms with van der Waals surface area (Å²) in [6.07, 6.45) is 2.17. The van der Waals surface area contributed by atoms with Crippen LogP contribution >= 0.6 is 0 Å². The Kier molecular flexibility index (Phi) is 5.20. The average Bonchev–Trinajstić information content (AvgIpc) is 2.86. The van der Waals surface area contributed by atoms with Crippen LogP contribution in [0.2, 0.25) is 0 Å². The summed E-state index contributed by atoms with van der Waals surface area (Å²) < 4.78 is 10.3. The van der Waals surface area contributed by atoms with Gasteiger partial charge in [-0.15, -0.1) is 0 Å². The third kappa shape index (κ3) is 4.83. The Morgan fingerprint density at radius 1 is 1.33 bits per heavy atom. The number of nitrogens with zero attached hydrogens (tertiary/aromatic N) is 1. The Bertz CT molecular complexity index is 578. The van der Waals surface area contributed by atoms with Crippen LogP contribution in [-0.2, 0) is 6.42 Å². The van der Waals surface area contributed by atoms with Gasteiger partial charge in [0.15, 0.2) is 12.5 Å². The number of aryl methyl sites for hydroxylation is 2. The molecular formula is C15H19N3O3. The van der Waals surface area contributed by atoms with E-state index in [9.17, 15) is 4.79 Å². The SMILES string of the molecule is CCCc1ccc(OCNC(=O)Nc2cc(C)on2)cc1. The number of carbonyl (C=O) groups is 1. The van der Waals surface area contributed by atoms with Crippen molar-refractivity contribution in [3.63, 3.8) is 0 Å². The molecule has 112 valence electrons. The first-order valence-electron chi connectivity index (χ1n) is 6.87. The van der Waals surface area contributed by atoms with Crippen molar-refractivity contribution in [1.82, 2.24) is 10.5 Å². The molecule has 6 nitrogen and oxygen atoms in total. The minimum Gasteiger partial charge on any atom is -0.473 e. The topological polar surface area (TPSA) is 76.4 Å². The maximum Gasteiger partial charge on any atom is 0.323 e. The third-order valence-electron chi connectivity index (χ3n) is 2.80. The molecule has 0 fully saturated rings. The Balaban J connectivity index is 1.72. The lowest BCUT2D eigenvalue weighted by molar-refractivity contribution is 0.234. The smallest absolute Gasteiger partial charge is 0.323 e. The van der Waals surface area contributed by atoms with Crippen LogP contribution in [0.3, 0.4) is 0 Å². The van der Waals surface area contributed by atoms with Crippen molar-refractivity contribution < 1.29 is 14.1 Å². The van der Waals surface area contributed by atoms with Gasteiger partial charge in [0, 0.05) is 6.07 Å². The molecule has 2 rings (SSSR count). The van der Waals surface area contributed by atoms with Gasteiger partial charge in [-0.2, -0.15) is 0 Å². The van der Waals surface area contributed by atoms with Gasteiger partial charge < -0.3 is 14.6 Å². The van der Waals surface area contributed by atoms with Crippen LogP contribution in [0.1, 0.15) is 24.7 Å². The second-order valence-corrected chi connectivity index (χ2v) is 4.64. The Hall–Kier alpha value is -2.50. The first-order chi connectivity index (χ1) is 10.2. The van der Waals surface area contributed by atoms with Crippen molar-refractivity contribution in [2.75, 3.05) is 12.0 Å². The van der Waals surface area contributed by atoms with Gasteiger partial charge in [-0.1, -0.05) is 30.6 Å². The second-order valence-electron chi connectivity index (χ2n) is 4.64. The van der Waals surface area contributed by atoms with Gasteiger partial charge in [-0.3, -0.25) is 5.32 Å². The molecule has 2 aromatic rings. The van der Waals surface area contributed by atoms with E-state index in [0.717, 1.165) is 12.8 Å². The maximum absolute atomic E-state index is 11.6. The van der Waals surface area contributed by atoms with Crippen molar-refractivity contribution in [1.29, 1.82) is 0 Å². The normalized spacial score (nSPS) is 10.2. The molecule has 0 aliphatic rings. The molecule has 0 unspecified atom stereocenters. The van der Waals surface area contributed by atoms with Gasteiger partial charge in [0.25, 0.3) is 0 Å². The number of urea groups is 1. The zero-order valence-electron chi connectivity index (χ0n) is 12.2. The third-order valence-corrected chi connectivity index (χ3v) is 2.80. The summed E-state index contributed by atoms with van der Waals surface area (Å²) >= 11 is 0. The van der Waals surface area contributed by atoms with Crippen LogP contribution in [0.4, 0.5) is 10.6 Å². The quantitative estimate of drug-likeness (QED) is 0.801. The summed E-state index contributed by atoms with van der Waals surface area (Å²) in [7, 11) is 0. The largest absolute Gasteiger partial charge is 0.473 e. The highest BCUT2D eigenvalue weighted by atomic mass is 16.5. The monoisotopic (exact) mass is 289 g/mol. The van der Waals surface area contributed by atoms with Crippen LogP contribution in [-0.4, -0.2) is 17.9 Å². The highest BCUT2D eigenvalue weighted by Crippen LogP contribution is 2.13. The van der Waals surface area contributed by atoms with Gasteiger partial charge >= 0.3 is 6.03 Å². The zero-order valence-corrected chi connectivity index (χ0v) is 12.2. The van der Waals surface area contributed by atoms with Gasteiger partial charge in [0.05, 0.1) is 0 Å². The number of hydrogen-bond donors (Lipinski definition) is 2. The van der Waals surface area contributed by atoms with E-state index in [4.69, 9.17) is 9.26 Å². The lowest BCUT2D eigenvalue weighted by Gasteiger charge is -2.08. The van der Waals surface area contributed by atoms with Crippen molar-refractivity contribution in [2.24, 2.45) is 0 Å². The van der Waals surface area contributed by atoms with Crippen molar-refractivity contribution >= 4 is 11.8 Å². The molecule has 0 bridgehead atoms. The van der Waals surface area contributed by atoms with E-state index in [0.29, 0.717) is 17.3 Å². The van der Waals surface area contributed by atoms with Crippen molar-refractivity contribution in [2.45, 2.75) is 26.7 Å². The second kappa shape index (κ2) is 7.33. The molecule has 2 N–H and O–H groups in total. The van der Waals surface area contributed by atoms with Crippen molar-refractivity contribution in [3.05, 3.63) is 41.7 Å². The number of hydrogen-bond acceptors (Lipinski definition) is 4. The number of amides is 2. The summed E-state index contributed by atoms with van der Waals surface area (Å²) in [6, 6.07) is 9.07. The van der Waals surface area contributed by atoms with Crippen LogP contribution in [0, 0.1) is 6.92 Å². The number of anilines is 1. The van der Waals surface area contributed by atoms with Crippen LogP contribution in [0.5, 0.6) is 5.75 Å². The molecule has 2 amide bonds. The summed E-state index contributed by atoms with van der Waals surface area (Å²) in [4.78, 5) is 11.6. The molecule has 1 heterocycles. The van der Waals surface area contributed by atoms with Crippen LogP contribution in [0.25, 0.3) is 0 Å². The first kappa shape index (κ1) is 14.9. The number of nitrogens with one attached hydrogen (secondary N) is 2. The fraction of sp³-hybridized carbons (Fsp3) is 0.333. The van der Waals surface area contributed by atoms with E-state index in [2.05, 4.69) is 22.7 Å². The van der Waals surface area contributed by atoms with Crippen LogP contribution < -0.4 is 15.4 Å². The van der Waals surface area contributed by atoms with E-state index in [1.54, 1.807) is 13.0 Å². The molecular weight excluding hydrogens is 270 g/mol. The van der Waals surface area contributed by atoms with Gasteiger partial charge in [0.1, 0.15) is 11.5 Å². The lowest BCUT2D eigenvalue weighted by Crippen LogP contribution is -2.32. The Morgan fingerprint density at radius 2 is 2.10 bits per heavy atom. The number of benzene rings is 1. The molecule has 0 spiro atoms. The lowest BCUT2D eigenvalue weighted by atomic mass is 10.1. The van der Waals surface area contributed by atoms with E-state index in [1.807, 2.05) is 24.3 Å². The average molecular weight is 289 g/mol. The van der Waals surface area contributed by atoms with Gasteiger partial charge in [-0.25, -0.2) is 4.79 Å². The molecule has 0 radical (unpaired) electrons. The summed E-state index contributed by atoms with van der Waals surface area (Å²) in [6.45, 7) is 3.97. The van der Waals surface area contributed by atoms with Gasteiger partial charge in [-0.05, 0) is 31.0 Å². The summed E-state index contributed by atoms with van der Waals surface area (Å²) in [5.41, 5.74) is 1.27.